The Balaban J connectivity index is 0.000000212. The van der Waals surface area contributed by atoms with E-state index in [9.17, 15) is 5.11 Å². The third kappa shape index (κ3) is 18.8. The maximum absolute atomic E-state index is 9.70. The molecule has 4 aliphatic rings. The minimum atomic E-state index is -0.0772. The van der Waals surface area contributed by atoms with Crippen LogP contribution in [0, 0.1) is 0 Å². The monoisotopic (exact) mass is 1160 g/mol. The molecule has 0 amide bonds. The predicted octanol–water partition coefficient (Wildman–Crippen LogP) is 11.3. The number of phenols is 1. The minimum absolute atomic E-state index is 0. The number of alkyl halides is 1. The zero-order valence-corrected chi connectivity index (χ0v) is 50.8. The predicted molar refractivity (Wildman–Crippen MR) is 310 cm³/mol. The molecule has 4 saturated heterocycles. The molecule has 0 aromatic heterocycles. The normalized spacial score (nSPS) is 22.0. The van der Waals surface area contributed by atoms with Crippen LogP contribution in [0.2, 0.25) is 10.0 Å². The van der Waals surface area contributed by atoms with Crippen molar-refractivity contribution in [3.05, 3.63) is 190 Å². The molecule has 6 aromatic carbocycles. The Hall–Kier alpha value is -3.02. The van der Waals surface area contributed by atoms with E-state index in [-0.39, 0.29) is 77.5 Å². The van der Waals surface area contributed by atoms with Gasteiger partial charge < -0.3 is 40.0 Å². The largest absolute Gasteiger partial charge is 1.00 e. The van der Waals surface area contributed by atoms with Crippen LogP contribution in [-0.2, 0) is 32.0 Å². The van der Waals surface area contributed by atoms with Gasteiger partial charge in [-0.3, -0.25) is 9.80 Å². The summed E-state index contributed by atoms with van der Waals surface area (Å²) in [5, 5.41) is 12.1. The van der Waals surface area contributed by atoms with E-state index in [4.69, 9.17) is 46.9 Å². The second-order valence-electron chi connectivity index (χ2n) is 19.9. The molecule has 10 nitrogen and oxygen atoms in total. The van der Waals surface area contributed by atoms with Gasteiger partial charge in [0.1, 0.15) is 18.1 Å². The number of rotatable bonds is 16. The van der Waals surface area contributed by atoms with Crippen LogP contribution < -0.4 is 65.9 Å². The first kappa shape index (κ1) is 60.6. The van der Waals surface area contributed by atoms with Gasteiger partial charge in [-0.25, -0.2) is 0 Å². The third-order valence-electron chi connectivity index (χ3n) is 14.1. The second kappa shape index (κ2) is 32.3. The number of nitrogens with zero attached hydrogens (tertiary/aromatic N) is 4. The van der Waals surface area contributed by atoms with E-state index >= 15 is 0 Å². The van der Waals surface area contributed by atoms with Crippen molar-refractivity contribution in [2.75, 3.05) is 74.3 Å². The SMILES string of the molecule is BrCCOC1CCCCO1.C[C@@H]1CN(Cc2ccccc2)C[C@@H](c2ccc(Cl)cc2)N1c1ccc(O)cc1.C[C@@H]1CN(Cc2ccccc2)C[C@@H](c2ccc(Cl)cc2)N1c1ccc(OCCOC2CCCCO2)cc1.[H-].[K+]. The maximum Gasteiger partial charge on any atom is 1.00 e. The van der Waals surface area contributed by atoms with Gasteiger partial charge in [-0.05, 0) is 147 Å². The number of halogens is 3. The Labute approximate surface area is 514 Å². The summed E-state index contributed by atoms with van der Waals surface area (Å²) in [6.45, 7) is 13.8. The van der Waals surface area contributed by atoms with Crippen LogP contribution in [0.3, 0.4) is 0 Å². The summed E-state index contributed by atoms with van der Waals surface area (Å²) in [6.07, 6.45) is 6.76. The summed E-state index contributed by atoms with van der Waals surface area (Å²) in [6, 6.07) is 55.0. The standard InChI is InChI=1S/C31H37ClN2O3.C24H25ClN2O.C7H13BrO2.K.H/c1-24-21-33(22-25-7-3-2-4-8-25)23-30(26-10-12-27(32)13-11-26)34(24)28-14-16-29(17-15-28)35-19-20-37-31-9-5-6-18-36-31;1-18-15-26(16-19-5-3-2-4-6-19)17-24(20-7-9-21(25)10-8-20)27(18)22-11-13-23(28)14-12-22;8-4-6-10-7-3-1-2-5-9-7;;/h2-4,7-8,10-17,24,30-31H,5-6,9,18-23H2,1H3;2-14,18,24,28H,15-17H2,1H3;7H,1-6H2;;/q;;;+1;-1/t24-,30+,31?;18-,24+;;;/m11.../s1. The van der Waals surface area contributed by atoms with Crippen LogP contribution >= 0.6 is 39.1 Å². The van der Waals surface area contributed by atoms with Crippen molar-refractivity contribution >= 4 is 50.5 Å². The number of phenolic OH excluding ortho intramolecular Hbond substituents is 1. The number of hydrogen-bond donors (Lipinski definition) is 1. The van der Waals surface area contributed by atoms with Crippen molar-refractivity contribution < 1.29 is 81.6 Å². The van der Waals surface area contributed by atoms with Crippen LogP contribution in [0.25, 0.3) is 0 Å². The molecule has 4 aliphatic heterocycles. The fraction of sp³-hybridized carbons (Fsp3) is 0.419. The van der Waals surface area contributed by atoms with Gasteiger partial charge in [-0.2, -0.15) is 0 Å². The van der Waals surface area contributed by atoms with E-state index in [1.165, 1.54) is 47.2 Å². The first-order chi connectivity index (χ1) is 36.7. The number of anilines is 2. The van der Waals surface area contributed by atoms with Crippen molar-refractivity contribution in [3.8, 4) is 11.5 Å². The molecule has 0 aliphatic carbocycles. The Morgan fingerprint density at radius 3 is 1.39 bits per heavy atom. The Morgan fingerprint density at radius 2 is 0.974 bits per heavy atom. The van der Waals surface area contributed by atoms with Crippen molar-refractivity contribution in [2.24, 2.45) is 0 Å². The van der Waals surface area contributed by atoms with Crippen LogP contribution in [-0.4, -0.2) is 104 Å². The number of hydrogen-bond acceptors (Lipinski definition) is 10. The molecule has 0 radical (unpaired) electrons. The number of aromatic hydroxyl groups is 1. The maximum atomic E-state index is 9.70. The number of benzene rings is 6. The van der Waals surface area contributed by atoms with Crippen molar-refractivity contribution in [3.63, 3.8) is 0 Å². The molecule has 14 heteroatoms. The van der Waals surface area contributed by atoms with E-state index in [0.717, 1.165) is 105 Å². The first-order valence-corrected chi connectivity index (χ1v) is 28.7. The molecular weight excluding hydrogens is 1090 g/mol. The molecule has 0 saturated carbocycles. The van der Waals surface area contributed by atoms with E-state index < -0.39 is 0 Å². The summed E-state index contributed by atoms with van der Waals surface area (Å²) in [4.78, 5) is 10.1. The Morgan fingerprint density at radius 1 is 0.539 bits per heavy atom. The summed E-state index contributed by atoms with van der Waals surface area (Å²) >= 11 is 15.7. The summed E-state index contributed by atoms with van der Waals surface area (Å²) < 4.78 is 28.1. The van der Waals surface area contributed by atoms with Gasteiger partial charge in [0.2, 0.25) is 0 Å². The molecule has 4 fully saturated rings. The van der Waals surface area contributed by atoms with Gasteiger partial charge in [-0.1, -0.05) is 124 Å². The molecule has 0 spiro atoms. The topological polar surface area (TPSA) is 79.3 Å². The number of piperazine rings is 2. The second-order valence-corrected chi connectivity index (χ2v) is 21.6. The van der Waals surface area contributed by atoms with Gasteiger partial charge in [-0.15, -0.1) is 0 Å². The van der Waals surface area contributed by atoms with Gasteiger partial charge in [0.05, 0.1) is 25.3 Å². The fourth-order valence-corrected chi connectivity index (χ4v) is 11.0. The van der Waals surface area contributed by atoms with Crippen molar-refractivity contribution in [2.45, 2.75) is 102 Å². The molecular formula is C62H76BrCl2KN4O6. The fourth-order valence-electron chi connectivity index (χ4n) is 10.6. The molecule has 6 atom stereocenters. The summed E-state index contributed by atoms with van der Waals surface area (Å²) in [5.41, 5.74) is 7.54. The van der Waals surface area contributed by atoms with Crippen LogP contribution in [0.15, 0.2) is 158 Å². The molecule has 402 valence electrons. The summed E-state index contributed by atoms with van der Waals surface area (Å²) in [7, 11) is 0. The summed E-state index contributed by atoms with van der Waals surface area (Å²) in [5.74, 6) is 1.15. The van der Waals surface area contributed by atoms with Crippen LogP contribution in [0.4, 0.5) is 11.4 Å². The third-order valence-corrected chi connectivity index (χ3v) is 15.0. The molecule has 0 bridgehead atoms. The van der Waals surface area contributed by atoms with Crippen molar-refractivity contribution in [1.82, 2.24) is 9.80 Å². The molecule has 76 heavy (non-hydrogen) atoms. The zero-order valence-electron chi connectivity index (χ0n) is 45.6. The minimum Gasteiger partial charge on any atom is -1.00 e. The molecule has 10 rings (SSSR count). The quantitative estimate of drug-likeness (QED) is 0.0575. The Kier molecular flexibility index (Phi) is 25.7. The van der Waals surface area contributed by atoms with E-state index in [0.29, 0.717) is 31.0 Å². The van der Waals surface area contributed by atoms with Crippen molar-refractivity contribution in [1.29, 1.82) is 0 Å². The van der Waals surface area contributed by atoms with E-state index in [1.807, 2.05) is 36.4 Å². The molecule has 2 unspecified atom stereocenters. The van der Waals surface area contributed by atoms with Gasteiger partial charge in [0.15, 0.2) is 12.6 Å². The molecule has 4 heterocycles. The van der Waals surface area contributed by atoms with Gasteiger partial charge >= 0.3 is 51.4 Å². The number of ether oxygens (including phenoxy) is 5. The van der Waals surface area contributed by atoms with E-state index in [2.05, 4.69) is 159 Å². The molecule has 6 aromatic rings. The Bertz CT molecular complexity index is 2540. The average Bonchev–Trinajstić information content (AvgIpc) is 3.44. The van der Waals surface area contributed by atoms with Gasteiger partial charge in [0, 0.05) is 91.3 Å². The first-order valence-electron chi connectivity index (χ1n) is 26.8. The smallest absolute Gasteiger partial charge is 1.00 e. The van der Waals surface area contributed by atoms with Gasteiger partial charge in [0.25, 0.3) is 0 Å². The van der Waals surface area contributed by atoms with E-state index in [1.54, 1.807) is 12.1 Å². The van der Waals surface area contributed by atoms with Crippen LogP contribution in [0.1, 0.15) is 88.1 Å². The molecule has 1 N–H and O–H groups in total. The average molecular weight is 1160 g/mol. The zero-order chi connectivity index (χ0) is 52.2. The van der Waals surface area contributed by atoms with Crippen LogP contribution in [0.5, 0.6) is 11.5 Å².